The predicted molar refractivity (Wildman–Crippen MR) is 110 cm³/mol. The molecule has 28 heavy (non-hydrogen) atoms. The van der Waals surface area contributed by atoms with Crippen molar-refractivity contribution in [2.24, 2.45) is 0 Å². The lowest BCUT2D eigenvalue weighted by atomic mass is 10.0. The number of rotatable bonds is 5. The average Bonchev–Trinajstić information content (AvgIpc) is 3.53. The quantitative estimate of drug-likeness (QED) is 0.832. The Bertz CT molecular complexity index is 899. The molecule has 1 saturated carbocycles. The normalized spacial score (nSPS) is 19.7. The van der Waals surface area contributed by atoms with Crippen LogP contribution in [0, 0.1) is 0 Å². The van der Waals surface area contributed by atoms with Gasteiger partial charge >= 0.3 is 0 Å². The lowest BCUT2D eigenvalue weighted by Gasteiger charge is -2.33. The Hall–Kier alpha value is -2.63. The van der Waals surface area contributed by atoms with Crippen molar-refractivity contribution < 1.29 is 4.79 Å². The van der Waals surface area contributed by atoms with E-state index in [2.05, 4.69) is 53.4 Å². The fourth-order valence-electron chi connectivity index (χ4n) is 3.77. The van der Waals surface area contributed by atoms with Gasteiger partial charge in [-0.15, -0.1) is 0 Å². The highest BCUT2D eigenvalue weighted by molar-refractivity contribution is 5.93. The summed E-state index contributed by atoms with van der Waals surface area (Å²) in [4.78, 5) is 34.1. The summed E-state index contributed by atoms with van der Waals surface area (Å²) < 4.78 is 0. The Morgan fingerprint density at radius 2 is 1.96 bits per heavy atom. The number of carbonyl (C=O) groups is 1. The molecule has 1 aromatic carbocycles. The Morgan fingerprint density at radius 3 is 2.61 bits per heavy atom. The summed E-state index contributed by atoms with van der Waals surface area (Å²) in [5, 5.41) is 3.53. The summed E-state index contributed by atoms with van der Waals surface area (Å²) in [6.07, 6.45) is 5.50. The van der Waals surface area contributed by atoms with Crippen LogP contribution in [-0.4, -0.2) is 39.9 Å². The van der Waals surface area contributed by atoms with Crippen LogP contribution in [0.25, 0.3) is 0 Å². The molecule has 2 aliphatic rings. The molecule has 1 aliphatic heterocycles. The van der Waals surface area contributed by atoms with Crippen LogP contribution >= 0.6 is 0 Å². The minimum atomic E-state index is -0.318. The van der Waals surface area contributed by atoms with E-state index in [1.165, 1.54) is 11.8 Å². The van der Waals surface area contributed by atoms with Gasteiger partial charge in [-0.2, -0.15) is 0 Å². The highest BCUT2D eigenvalue weighted by Crippen LogP contribution is 2.37. The van der Waals surface area contributed by atoms with Gasteiger partial charge in [0.05, 0.1) is 0 Å². The van der Waals surface area contributed by atoms with E-state index in [-0.39, 0.29) is 23.1 Å². The van der Waals surface area contributed by atoms with Crippen molar-refractivity contribution in [3.8, 4) is 0 Å². The SMILES string of the molecule is CC(C)c1ccc(NC2CCCN(C(=O)c3cnc(C4CC4)[nH]c3=O)C2)cc1. The van der Waals surface area contributed by atoms with Crippen LogP contribution in [0.1, 0.15) is 73.1 Å². The fourth-order valence-corrected chi connectivity index (χ4v) is 3.77. The van der Waals surface area contributed by atoms with Gasteiger partial charge in [0.1, 0.15) is 11.4 Å². The van der Waals surface area contributed by atoms with Crippen LogP contribution in [0.5, 0.6) is 0 Å². The first kappa shape index (κ1) is 18.7. The van der Waals surface area contributed by atoms with Crippen LogP contribution in [0.3, 0.4) is 0 Å². The van der Waals surface area contributed by atoms with Crippen molar-refractivity contribution in [1.29, 1.82) is 0 Å². The highest BCUT2D eigenvalue weighted by atomic mass is 16.2. The molecule has 4 rings (SSSR count). The first-order chi connectivity index (χ1) is 13.5. The largest absolute Gasteiger partial charge is 0.381 e. The summed E-state index contributed by atoms with van der Waals surface area (Å²) in [6.45, 7) is 5.63. The van der Waals surface area contributed by atoms with Crippen LogP contribution in [0.4, 0.5) is 5.69 Å². The molecule has 0 bridgehead atoms. The predicted octanol–water partition coefficient (Wildman–Crippen LogP) is 3.49. The van der Waals surface area contributed by atoms with Crippen LogP contribution in [0.2, 0.25) is 0 Å². The Morgan fingerprint density at radius 1 is 1.21 bits per heavy atom. The molecule has 2 aromatic rings. The van der Waals surface area contributed by atoms with E-state index >= 15 is 0 Å². The third-order valence-electron chi connectivity index (χ3n) is 5.67. The van der Waals surface area contributed by atoms with Crippen molar-refractivity contribution in [2.75, 3.05) is 18.4 Å². The first-order valence-electron chi connectivity index (χ1n) is 10.3. The van der Waals surface area contributed by atoms with Gasteiger partial charge < -0.3 is 15.2 Å². The molecule has 1 aliphatic carbocycles. The number of H-pyrrole nitrogens is 1. The molecule has 1 saturated heterocycles. The average molecular weight is 380 g/mol. The summed E-state index contributed by atoms with van der Waals surface area (Å²) in [5.74, 6) is 1.36. The summed E-state index contributed by atoms with van der Waals surface area (Å²) in [6, 6.07) is 8.67. The summed E-state index contributed by atoms with van der Waals surface area (Å²) in [5.41, 5.74) is 2.21. The third-order valence-corrected chi connectivity index (χ3v) is 5.67. The van der Waals surface area contributed by atoms with Gasteiger partial charge in [-0.1, -0.05) is 26.0 Å². The summed E-state index contributed by atoms with van der Waals surface area (Å²) >= 11 is 0. The Balaban J connectivity index is 1.41. The number of nitrogens with one attached hydrogen (secondary N) is 2. The first-order valence-corrected chi connectivity index (χ1v) is 10.3. The molecule has 148 valence electrons. The zero-order valence-corrected chi connectivity index (χ0v) is 16.6. The number of aromatic nitrogens is 2. The molecule has 1 aromatic heterocycles. The van der Waals surface area contributed by atoms with Gasteiger partial charge in [-0.05, 0) is 49.3 Å². The van der Waals surface area contributed by atoms with Crippen LogP contribution in [0.15, 0.2) is 35.3 Å². The van der Waals surface area contributed by atoms with E-state index in [0.29, 0.717) is 30.7 Å². The third kappa shape index (κ3) is 4.11. The number of likely N-dealkylation sites (tertiary alicyclic amines) is 1. The van der Waals surface area contributed by atoms with Gasteiger partial charge in [0, 0.05) is 36.9 Å². The highest BCUT2D eigenvalue weighted by Gasteiger charge is 2.29. The molecule has 1 unspecified atom stereocenters. The molecule has 2 fully saturated rings. The molecule has 6 heteroatoms. The van der Waals surface area contributed by atoms with Gasteiger partial charge in [-0.3, -0.25) is 9.59 Å². The van der Waals surface area contributed by atoms with Crippen LogP contribution in [-0.2, 0) is 0 Å². The second-order valence-electron chi connectivity index (χ2n) is 8.30. The van der Waals surface area contributed by atoms with Crippen molar-refractivity contribution in [2.45, 2.75) is 57.4 Å². The van der Waals surface area contributed by atoms with Gasteiger partial charge in [0.2, 0.25) is 0 Å². The number of carbonyl (C=O) groups excluding carboxylic acids is 1. The molecule has 0 radical (unpaired) electrons. The maximum atomic E-state index is 12.9. The van der Waals surface area contributed by atoms with E-state index in [4.69, 9.17) is 0 Å². The molecule has 1 amide bonds. The lowest BCUT2D eigenvalue weighted by molar-refractivity contribution is 0.0712. The maximum absolute atomic E-state index is 12.9. The van der Waals surface area contributed by atoms with E-state index in [0.717, 1.165) is 31.4 Å². The zero-order valence-electron chi connectivity index (χ0n) is 16.6. The smallest absolute Gasteiger partial charge is 0.263 e. The molecule has 1 atom stereocenters. The number of anilines is 1. The Labute approximate surface area is 165 Å². The van der Waals surface area contributed by atoms with Crippen molar-refractivity contribution in [1.82, 2.24) is 14.9 Å². The standard InChI is InChI=1S/C22H28N4O2/c1-14(2)15-7-9-17(10-8-15)24-18-4-3-11-26(13-18)22(28)19-12-23-20(16-5-6-16)25-21(19)27/h7-10,12,14,16,18,24H,3-6,11,13H2,1-2H3,(H,23,25,27). The molecule has 0 spiro atoms. The fraction of sp³-hybridized carbons (Fsp3) is 0.500. The zero-order chi connectivity index (χ0) is 19.7. The number of piperidine rings is 1. The number of hydrogen-bond donors (Lipinski definition) is 2. The second-order valence-corrected chi connectivity index (χ2v) is 8.30. The number of hydrogen-bond acceptors (Lipinski definition) is 4. The minimum Gasteiger partial charge on any atom is -0.381 e. The van der Waals surface area contributed by atoms with Crippen molar-refractivity contribution >= 4 is 11.6 Å². The number of amides is 1. The lowest BCUT2D eigenvalue weighted by Crippen LogP contribution is -2.46. The maximum Gasteiger partial charge on any atom is 0.263 e. The molecule has 2 N–H and O–H groups in total. The minimum absolute atomic E-state index is 0.145. The molecule has 6 nitrogen and oxygen atoms in total. The van der Waals surface area contributed by atoms with Gasteiger partial charge in [-0.25, -0.2) is 4.98 Å². The van der Waals surface area contributed by atoms with E-state index in [1.54, 1.807) is 4.90 Å². The second kappa shape index (κ2) is 7.78. The topological polar surface area (TPSA) is 78.1 Å². The monoisotopic (exact) mass is 380 g/mol. The molecular formula is C22H28N4O2. The van der Waals surface area contributed by atoms with E-state index < -0.39 is 0 Å². The molecular weight excluding hydrogens is 352 g/mol. The number of benzene rings is 1. The van der Waals surface area contributed by atoms with E-state index in [1.807, 2.05) is 0 Å². The van der Waals surface area contributed by atoms with Crippen LogP contribution < -0.4 is 10.9 Å². The Kier molecular flexibility index (Phi) is 5.20. The van der Waals surface area contributed by atoms with Crippen molar-refractivity contribution in [3.63, 3.8) is 0 Å². The van der Waals surface area contributed by atoms with Gasteiger partial charge in [0.15, 0.2) is 0 Å². The number of nitrogens with zero attached hydrogens (tertiary/aromatic N) is 2. The molecule has 2 heterocycles. The van der Waals surface area contributed by atoms with E-state index in [9.17, 15) is 9.59 Å². The van der Waals surface area contributed by atoms with Gasteiger partial charge in [0.25, 0.3) is 11.5 Å². The number of aromatic amines is 1. The summed E-state index contributed by atoms with van der Waals surface area (Å²) in [7, 11) is 0. The van der Waals surface area contributed by atoms with Crippen molar-refractivity contribution in [3.05, 3.63) is 57.8 Å².